The zero-order chi connectivity index (χ0) is 20.7. The first-order valence-electron chi connectivity index (χ1n) is 9.34. The van der Waals surface area contributed by atoms with Crippen LogP contribution >= 0.6 is 23.2 Å². The highest BCUT2D eigenvalue weighted by Gasteiger charge is 2.42. The van der Waals surface area contributed by atoms with Crippen LogP contribution in [0.2, 0.25) is 10.0 Å². The molecule has 7 heteroatoms. The molecule has 29 heavy (non-hydrogen) atoms. The lowest BCUT2D eigenvalue weighted by atomic mass is 9.98. The Morgan fingerprint density at radius 3 is 2.55 bits per heavy atom. The first-order chi connectivity index (χ1) is 13.9. The van der Waals surface area contributed by atoms with E-state index in [9.17, 15) is 9.59 Å². The minimum Gasteiger partial charge on any atom is -0.450 e. The van der Waals surface area contributed by atoms with Gasteiger partial charge in [-0.25, -0.2) is 0 Å². The van der Waals surface area contributed by atoms with Crippen molar-refractivity contribution in [3.63, 3.8) is 0 Å². The molecule has 3 aromatic rings. The second-order valence-corrected chi connectivity index (χ2v) is 8.30. The number of halogens is 2. The third-order valence-corrected chi connectivity index (χ3v) is 5.57. The van der Waals surface area contributed by atoms with E-state index < -0.39 is 6.04 Å². The number of fused-ring (bicyclic) bond motifs is 2. The van der Waals surface area contributed by atoms with E-state index in [2.05, 4.69) is 4.90 Å². The zero-order valence-electron chi connectivity index (χ0n) is 16.1. The molecule has 0 spiro atoms. The summed E-state index contributed by atoms with van der Waals surface area (Å²) in [5.74, 6) is -0.183. The Balaban J connectivity index is 1.89. The molecule has 0 N–H and O–H groups in total. The Morgan fingerprint density at radius 1 is 1.07 bits per heavy atom. The van der Waals surface area contributed by atoms with E-state index in [0.717, 1.165) is 18.5 Å². The van der Waals surface area contributed by atoms with Crippen molar-refractivity contribution < 1.29 is 9.21 Å². The van der Waals surface area contributed by atoms with E-state index in [4.69, 9.17) is 27.6 Å². The van der Waals surface area contributed by atoms with Crippen LogP contribution in [-0.4, -0.2) is 42.9 Å². The van der Waals surface area contributed by atoms with Crippen LogP contribution in [0.1, 0.15) is 34.1 Å². The van der Waals surface area contributed by atoms with Crippen molar-refractivity contribution in [2.24, 2.45) is 0 Å². The van der Waals surface area contributed by atoms with Gasteiger partial charge in [-0.1, -0.05) is 35.3 Å². The van der Waals surface area contributed by atoms with Crippen molar-refractivity contribution in [2.75, 3.05) is 27.2 Å². The summed E-state index contributed by atoms with van der Waals surface area (Å²) in [4.78, 5) is 30.4. The highest BCUT2D eigenvalue weighted by molar-refractivity contribution is 6.31. The van der Waals surface area contributed by atoms with Crippen molar-refractivity contribution in [1.82, 2.24) is 9.80 Å². The Hall–Kier alpha value is -2.34. The Morgan fingerprint density at radius 2 is 1.83 bits per heavy atom. The van der Waals surface area contributed by atoms with Crippen LogP contribution in [0.5, 0.6) is 0 Å². The molecule has 0 saturated heterocycles. The lowest BCUT2D eigenvalue weighted by molar-refractivity contribution is 0.0722. The predicted octanol–water partition coefficient (Wildman–Crippen LogP) is 4.60. The molecule has 150 valence electrons. The standard InChI is InChI=1S/C22H20Cl2N2O3/c1-25(2)9-4-10-26-19(13-5-3-6-14(23)11-13)18-20(27)16-12-15(24)7-8-17(16)29-21(18)22(26)28/h3,5-8,11-12,19H,4,9-10H2,1-2H3/t19-/m0/s1. The number of hydrogen-bond acceptors (Lipinski definition) is 4. The highest BCUT2D eigenvalue weighted by atomic mass is 35.5. The summed E-state index contributed by atoms with van der Waals surface area (Å²) >= 11 is 12.3. The van der Waals surface area contributed by atoms with Crippen LogP contribution < -0.4 is 5.43 Å². The van der Waals surface area contributed by atoms with E-state index in [-0.39, 0.29) is 17.1 Å². The van der Waals surface area contributed by atoms with E-state index >= 15 is 0 Å². The smallest absolute Gasteiger partial charge is 0.290 e. The van der Waals surface area contributed by atoms with E-state index in [1.54, 1.807) is 35.2 Å². The van der Waals surface area contributed by atoms with Crippen LogP contribution in [0, 0.1) is 0 Å². The molecule has 1 atom stereocenters. The average Bonchev–Trinajstić information content (AvgIpc) is 2.95. The van der Waals surface area contributed by atoms with Gasteiger partial charge in [0.2, 0.25) is 5.76 Å². The molecule has 0 unspecified atom stereocenters. The molecular weight excluding hydrogens is 411 g/mol. The van der Waals surface area contributed by atoms with Gasteiger partial charge in [0, 0.05) is 16.6 Å². The lowest BCUT2D eigenvalue weighted by Crippen LogP contribution is -2.32. The Bertz CT molecular complexity index is 1160. The lowest BCUT2D eigenvalue weighted by Gasteiger charge is -2.25. The average molecular weight is 431 g/mol. The fraction of sp³-hybridized carbons (Fsp3) is 0.273. The number of carbonyl (C=O) groups excluding carboxylic acids is 1. The summed E-state index contributed by atoms with van der Waals surface area (Å²) in [5.41, 5.74) is 1.24. The van der Waals surface area contributed by atoms with Crippen molar-refractivity contribution in [3.8, 4) is 0 Å². The first-order valence-corrected chi connectivity index (χ1v) is 10.1. The second kappa shape index (κ2) is 7.82. The maximum absolute atomic E-state index is 13.4. The van der Waals surface area contributed by atoms with E-state index in [1.807, 2.05) is 26.2 Å². The number of nitrogens with zero attached hydrogens (tertiary/aromatic N) is 2. The molecule has 0 radical (unpaired) electrons. The van der Waals surface area contributed by atoms with E-state index in [1.165, 1.54) is 0 Å². The molecule has 0 bridgehead atoms. The summed E-state index contributed by atoms with van der Waals surface area (Å²) < 4.78 is 5.90. The monoisotopic (exact) mass is 430 g/mol. The van der Waals surface area contributed by atoms with Crippen molar-refractivity contribution in [3.05, 3.63) is 79.6 Å². The van der Waals surface area contributed by atoms with Gasteiger partial charge in [-0.2, -0.15) is 0 Å². The Kier molecular flexibility index (Phi) is 5.38. The zero-order valence-corrected chi connectivity index (χ0v) is 17.6. The molecule has 5 nitrogen and oxygen atoms in total. The van der Waals surface area contributed by atoms with Crippen LogP contribution in [0.3, 0.4) is 0 Å². The molecule has 2 heterocycles. The summed E-state index contributed by atoms with van der Waals surface area (Å²) in [6.45, 7) is 1.32. The largest absolute Gasteiger partial charge is 0.450 e. The molecule has 1 aliphatic heterocycles. The van der Waals surface area contributed by atoms with Gasteiger partial charge in [-0.05, 0) is 63.0 Å². The summed E-state index contributed by atoms with van der Waals surface area (Å²) in [5, 5.41) is 1.35. The number of amides is 1. The molecule has 1 amide bonds. The number of rotatable bonds is 5. The van der Waals surface area contributed by atoms with Crippen molar-refractivity contribution in [2.45, 2.75) is 12.5 Å². The van der Waals surface area contributed by atoms with Crippen LogP contribution in [-0.2, 0) is 0 Å². The van der Waals surface area contributed by atoms with Gasteiger partial charge in [-0.15, -0.1) is 0 Å². The molecule has 0 saturated carbocycles. The quantitative estimate of drug-likeness (QED) is 0.593. The fourth-order valence-electron chi connectivity index (χ4n) is 3.80. The maximum Gasteiger partial charge on any atom is 0.290 e. The van der Waals surface area contributed by atoms with Crippen molar-refractivity contribution in [1.29, 1.82) is 0 Å². The summed E-state index contributed by atoms with van der Waals surface area (Å²) in [6, 6.07) is 11.5. The topological polar surface area (TPSA) is 53.8 Å². The molecule has 0 aliphatic carbocycles. The molecule has 4 rings (SSSR count). The van der Waals surface area contributed by atoms with Gasteiger partial charge in [0.25, 0.3) is 5.91 Å². The minimum atomic E-state index is -0.544. The van der Waals surface area contributed by atoms with Crippen LogP contribution in [0.4, 0.5) is 0 Å². The van der Waals surface area contributed by atoms with Crippen molar-refractivity contribution >= 4 is 40.1 Å². The Labute approximate surface area is 178 Å². The molecule has 2 aromatic carbocycles. The molecule has 0 fully saturated rings. The number of benzene rings is 2. The number of carbonyl (C=O) groups is 1. The fourth-order valence-corrected chi connectivity index (χ4v) is 4.17. The minimum absolute atomic E-state index is 0.0969. The van der Waals surface area contributed by atoms with Gasteiger partial charge in [-0.3, -0.25) is 9.59 Å². The first kappa shape index (κ1) is 20.0. The number of hydrogen-bond donors (Lipinski definition) is 0. The second-order valence-electron chi connectivity index (χ2n) is 7.43. The van der Waals surface area contributed by atoms with Gasteiger partial charge in [0.15, 0.2) is 5.43 Å². The SMILES string of the molecule is CN(C)CCCN1C(=O)c2oc3ccc(Cl)cc3c(=O)c2[C@@H]1c1cccc(Cl)c1. The summed E-state index contributed by atoms with van der Waals surface area (Å²) in [6.07, 6.45) is 0.767. The highest BCUT2D eigenvalue weighted by Crippen LogP contribution is 2.39. The van der Waals surface area contributed by atoms with Gasteiger partial charge < -0.3 is 14.2 Å². The van der Waals surface area contributed by atoms with Gasteiger partial charge in [0.05, 0.1) is 17.0 Å². The normalized spacial score (nSPS) is 16.1. The predicted molar refractivity (Wildman–Crippen MR) is 115 cm³/mol. The molecule has 1 aromatic heterocycles. The van der Waals surface area contributed by atoms with Crippen LogP contribution in [0.25, 0.3) is 11.0 Å². The van der Waals surface area contributed by atoms with Crippen LogP contribution in [0.15, 0.2) is 51.7 Å². The van der Waals surface area contributed by atoms with E-state index in [0.29, 0.717) is 33.1 Å². The molecular formula is C22H20Cl2N2O3. The molecule has 1 aliphatic rings. The maximum atomic E-state index is 13.4. The third kappa shape index (κ3) is 3.66. The third-order valence-electron chi connectivity index (χ3n) is 5.10. The van der Waals surface area contributed by atoms with Gasteiger partial charge in [0.1, 0.15) is 5.58 Å². The van der Waals surface area contributed by atoms with Gasteiger partial charge >= 0.3 is 0 Å². The summed E-state index contributed by atoms with van der Waals surface area (Å²) in [7, 11) is 3.97.